The fourth-order valence-corrected chi connectivity index (χ4v) is 0.443. The van der Waals surface area contributed by atoms with Crippen LogP contribution in [0, 0.1) is 11.3 Å². The number of amidine groups is 1. The second-order valence-corrected chi connectivity index (χ2v) is 2.14. The highest BCUT2D eigenvalue weighted by atomic mass is 16.5. The predicted octanol–water partition coefficient (Wildman–Crippen LogP) is 0.122. The van der Waals surface area contributed by atoms with E-state index in [0.29, 0.717) is 0 Å². The fourth-order valence-electron chi connectivity index (χ4n) is 0.443. The molecule has 0 amide bonds. The van der Waals surface area contributed by atoms with Gasteiger partial charge in [-0.05, 0) is 0 Å². The molecule has 0 saturated heterocycles. The van der Waals surface area contributed by atoms with Gasteiger partial charge in [-0.3, -0.25) is 10.2 Å². The van der Waals surface area contributed by atoms with Crippen LogP contribution in [0.3, 0.4) is 0 Å². The van der Waals surface area contributed by atoms with Crippen LogP contribution in [0.25, 0.3) is 0 Å². The first kappa shape index (κ1) is 8.94. The van der Waals surface area contributed by atoms with Gasteiger partial charge in [0.2, 0.25) is 0 Å². The van der Waals surface area contributed by atoms with Gasteiger partial charge in [-0.15, -0.1) is 0 Å². The second-order valence-electron chi connectivity index (χ2n) is 2.14. The lowest BCUT2D eigenvalue weighted by molar-refractivity contribution is -0.141. The lowest BCUT2D eigenvalue weighted by atomic mass is 10.1. The maximum Gasteiger partial charge on any atom is 0.306 e. The van der Waals surface area contributed by atoms with Crippen LogP contribution < -0.4 is 5.73 Å². The molecule has 0 aromatic carbocycles. The van der Waals surface area contributed by atoms with Crippen molar-refractivity contribution >= 4 is 11.8 Å². The Bertz CT molecular complexity index is 145. The Balaban J connectivity index is 3.68. The minimum atomic E-state index is -0.331. The standard InChI is InChI=1S/C6H12N2O2/c1-4(6(7)8)3-5(9)10-2/h4H,3H2,1-2H3,(H3,7,8). The molecule has 0 aliphatic rings. The quantitative estimate of drug-likeness (QED) is 0.335. The zero-order valence-corrected chi connectivity index (χ0v) is 6.18. The molecule has 0 aliphatic heterocycles. The summed E-state index contributed by atoms with van der Waals surface area (Å²) >= 11 is 0. The van der Waals surface area contributed by atoms with Crippen molar-refractivity contribution in [2.75, 3.05) is 7.11 Å². The number of methoxy groups -OCH3 is 1. The van der Waals surface area contributed by atoms with Crippen molar-refractivity contribution in [2.45, 2.75) is 13.3 Å². The SMILES string of the molecule is COC(=O)CC(C)C(=N)N. The number of carbonyl (C=O) groups excluding carboxylic acids is 1. The molecule has 0 fully saturated rings. The van der Waals surface area contributed by atoms with Gasteiger partial charge in [-0.25, -0.2) is 0 Å². The van der Waals surface area contributed by atoms with E-state index < -0.39 is 0 Å². The highest BCUT2D eigenvalue weighted by Gasteiger charge is 2.10. The maximum atomic E-state index is 10.6. The third kappa shape index (κ3) is 3.06. The minimum Gasteiger partial charge on any atom is -0.469 e. The molecule has 0 saturated carbocycles. The van der Waals surface area contributed by atoms with E-state index in [4.69, 9.17) is 11.1 Å². The Hall–Kier alpha value is -1.06. The van der Waals surface area contributed by atoms with Crippen LogP contribution in [0.15, 0.2) is 0 Å². The molecule has 58 valence electrons. The van der Waals surface area contributed by atoms with Crippen LogP contribution in [0.4, 0.5) is 0 Å². The van der Waals surface area contributed by atoms with E-state index in [1.54, 1.807) is 6.92 Å². The molecule has 0 spiro atoms. The second kappa shape index (κ2) is 3.87. The summed E-state index contributed by atoms with van der Waals surface area (Å²) < 4.78 is 4.38. The topological polar surface area (TPSA) is 76.2 Å². The Morgan fingerprint density at radius 2 is 2.30 bits per heavy atom. The zero-order chi connectivity index (χ0) is 8.15. The first-order chi connectivity index (χ1) is 4.57. The number of rotatable bonds is 3. The van der Waals surface area contributed by atoms with E-state index >= 15 is 0 Å². The molecule has 0 bridgehead atoms. The van der Waals surface area contributed by atoms with Gasteiger partial charge in [-0.2, -0.15) is 0 Å². The summed E-state index contributed by atoms with van der Waals surface area (Å²) in [4.78, 5) is 10.6. The summed E-state index contributed by atoms with van der Waals surface area (Å²) in [6.45, 7) is 1.71. The number of nitrogens with one attached hydrogen (secondary N) is 1. The molecular weight excluding hydrogens is 132 g/mol. The molecule has 0 heterocycles. The van der Waals surface area contributed by atoms with Crippen LogP contribution in [-0.2, 0) is 9.53 Å². The molecule has 3 N–H and O–H groups in total. The Morgan fingerprint density at radius 3 is 2.60 bits per heavy atom. The van der Waals surface area contributed by atoms with Gasteiger partial charge in [0.1, 0.15) is 0 Å². The average Bonchev–Trinajstić information content (AvgIpc) is 1.87. The third-order valence-electron chi connectivity index (χ3n) is 1.23. The van der Waals surface area contributed by atoms with Gasteiger partial charge in [-0.1, -0.05) is 6.92 Å². The lowest BCUT2D eigenvalue weighted by Gasteiger charge is -2.05. The largest absolute Gasteiger partial charge is 0.469 e. The van der Waals surface area contributed by atoms with Crippen LogP contribution in [0.2, 0.25) is 0 Å². The van der Waals surface area contributed by atoms with Crippen LogP contribution in [-0.4, -0.2) is 18.9 Å². The summed E-state index contributed by atoms with van der Waals surface area (Å²) in [6.07, 6.45) is 0.186. The van der Waals surface area contributed by atoms with Crippen molar-refractivity contribution in [1.29, 1.82) is 5.41 Å². The number of hydrogen-bond acceptors (Lipinski definition) is 3. The molecule has 1 unspecified atom stereocenters. The Labute approximate surface area is 59.9 Å². The number of carbonyl (C=O) groups is 1. The van der Waals surface area contributed by atoms with Crippen molar-refractivity contribution in [3.05, 3.63) is 0 Å². The van der Waals surface area contributed by atoms with E-state index in [1.165, 1.54) is 7.11 Å². The van der Waals surface area contributed by atoms with E-state index in [2.05, 4.69) is 4.74 Å². The summed E-state index contributed by atoms with van der Waals surface area (Å²) in [7, 11) is 1.31. The monoisotopic (exact) mass is 144 g/mol. The zero-order valence-electron chi connectivity index (χ0n) is 6.18. The normalized spacial score (nSPS) is 12.2. The lowest BCUT2D eigenvalue weighted by Crippen LogP contribution is -2.22. The highest BCUT2D eigenvalue weighted by Crippen LogP contribution is 2.00. The molecule has 4 heteroatoms. The maximum absolute atomic E-state index is 10.6. The minimum absolute atomic E-state index is 0.0189. The van der Waals surface area contributed by atoms with Gasteiger partial charge in [0, 0.05) is 5.92 Å². The third-order valence-corrected chi connectivity index (χ3v) is 1.23. The van der Waals surface area contributed by atoms with Gasteiger partial charge < -0.3 is 10.5 Å². The summed E-state index contributed by atoms with van der Waals surface area (Å²) in [5.41, 5.74) is 5.11. The van der Waals surface area contributed by atoms with Crippen molar-refractivity contribution in [2.24, 2.45) is 11.7 Å². The number of hydrogen-bond donors (Lipinski definition) is 2. The number of ether oxygens (including phenoxy) is 1. The summed E-state index contributed by atoms with van der Waals surface area (Å²) in [6, 6.07) is 0. The van der Waals surface area contributed by atoms with Crippen LogP contribution in [0.5, 0.6) is 0 Å². The van der Waals surface area contributed by atoms with Crippen molar-refractivity contribution < 1.29 is 9.53 Å². The molecule has 0 radical (unpaired) electrons. The molecule has 0 aliphatic carbocycles. The van der Waals surface area contributed by atoms with Crippen molar-refractivity contribution in [1.82, 2.24) is 0 Å². The summed E-state index contributed by atoms with van der Waals surface area (Å²) in [5, 5.41) is 6.94. The predicted molar refractivity (Wildman–Crippen MR) is 37.7 cm³/mol. The Kier molecular flexibility index (Phi) is 3.46. The first-order valence-electron chi connectivity index (χ1n) is 2.98. The molecule has 0 aromatic heterocycles. The number of esters is 1. The molecular formula is C6H12N2O2. The average molecular weight is 144 g/mol. The van der Waals surface area contributed by atoms with Gasteiger partial charge in [0.05, 0.1) is 19.4 Å². The van der Waals surface area contributed by atoms with E-state index in [1.807, 2.05) is 0 Å². The summed E-state index contributed by atoms with van der Waals surface area (Å²) in [5.74, 6) is -0.527. The van der Waals surface area contributed by atoms with E-state index in [-0.39, 0.29) is 24.1 Å². The van der Waals surface area contributed by atoms with E-state index in [0.717, 1.165) is 0 Å². The first-order valence-corrected chi connectivity index (χ1v) is 2.98. The van der Waals surface area contributed by atoms with Crippen LogP contribution in [0.1, 0.15) is 13.3 Å². The van der Waals surface area contributed by atoms with Gasteiger partial charge >= 0.3 is 5.97 Å². The molecule has 10 heavy (non-hydrogen) atoms. The highest BCUT2D eigenvalue weighted by molar-refractivity contribution is 5.83. The Morgan fingerprint density at radius 1 is 1.80 bits per heavy atom. The van der Waals surface area contributed by atoms with Crippen molar-refractivity contribution in [3.63, 3.8) is 0 Å². The van der Waals surface area contributed by atoms with Gasteiger partial charge in [0.15, 0.2) is 0 Å². The fraction of sp³-hybridized carbons (Fsp3) is 0.667. The van der Waals surface area contributed by atoms with Gasteiger partial charge in [0.25, 0.3) is 0 Å². The molecule has 0 rings (SSSR count). The van der Waals surface area contributed by atoms with Crippen molar-refractivity contribution in [3.8, 4) is 0 Å². The smallest absolute Gasteiger partial charge is 0.306 e. The molecule has 1 atom stereocenters. The van der Waals surface area contributed by atoms with E-state index in [9.17, 15) is 4.79 Å². The number of nitrogens with two attached hydrogens (primary N) is 1. The molecule has 4 nitrogen and oxygen atoms in total. The van der Waals surface area contributed by atoms with Crippen LogP contribution >= 0.6 is 0 Å². The molecule has 0 aromatic rings.